The zero-order valence-corrected chi connectivity index (χ0v) is 12.4. The number of rotatable bonds is 7. The van der Waals surface area contributed by atoms with Gasteiger partial charge in [-0.05, 0) is 24.5 Å². The van der Waals surface area contributed by atoms with E-state index in [4.69, 9.17) is 22.1 Å². The number of unbranched alkanes of at least 4 members (excludes halogenated alkanes) is 1. The number of halogens is 1. The number of hydrogen-bond acceptors (Lipinski definition) is 3. The fourth-order valence-electron chi connectivity index (χ4n) is 1.88. The van der Waals surface area contributed by atoms with Crippen molar-refractivity contribution in [2.45, 2.75) is 39.5 Å². The summed E-state index contributed by atoms with van der Waals surface area (Å²) in [5.41, 5.74) is 6.40. The highest BCUT2D eigenvalue weighted by Gasteiger charge is 2.15. The fraction of sp³-hybridized carbons (Fsp3) is 0.533. The maximum absolute atomic E-state index is 12.0. The van der Waals surface area contributed by atoms with Crippen LogP contribution in [0.3, 0.4) is 0 Å². The number of ether oxygens (including phenoxy) is 1. The van der Waals surface area contributed by atoms with Crippen molar-refractivity contribution in [1.29, 1.82) is 0 Å². The maximum atomic E-state index is 12.0. The summed E-state index contributed by atoms with van der Waals surface area (Å²) in [6.45, 7) is 4.72. The number of carbonyl (C=O) groups excluding carboxylic acids is 1. The van der Waals surface area contributed by atoms with Crippen LogP contribution in [0, 0.1) is 5.92 Å². The van der Waals surface area contributed by atoms with Gasteiger partial charge in [0.05, 0.1) is 22.9 Å². The summed E-state index contributed by atoms with van der Waals surface area (Å²) in [5.74, 6) is 0.0271. The second-order valence-corrected chi connectivity index (χ2v) is 5.12. The number of anilines is 1. The molecule has 3 nitrogen and oxygen atoms in total. The molecular formula is C15H22ClNO2. The van der Waals surface area contributed by atoms with Crippen LogP contribution < -0.4 is 5.73 Å². The summed E-state index contributed by atoms with van der Waals surface area (Å²) in [6.07, 6.45) is 4.42. The Labute approximate surface area is 120 Å². The minimum atomic E-state index is -0.394. The SMILES string of the molecule is CCCCC(CC)COC(=O)c1cccc(Cl)c1N. The number of nitrogen functional groups attached to an aromatic ring is 1. The summed E-state index contributed by atoms with van der Waals surface area (Å²) < 4.78 is 5.34. The second kappa shape index (κ2) is 8.05. The molecule has 0 saturated heterocycles. The van der Waals surface area contributed by atoms with Gasteiger partial charge in [-0.1, -0.05) is 50.8 Å². The molecule has 19 heavy (non-hydrogen) atoms. The van der Waals surface area contributed by atoms with E-state index in [1.807, 2.05) is 0 Å². The molecule has 1 unspecified atom stereocenters. The van der Waals surface area contributed by atoms with Gasteiger partial charge < -0.3 is 10.5 Å². The lowest BCUT2D eigenvalue weighted by Crippen LogP contribution is -2.15. The number of nitrogens with two attached hydrogens (primary N) is 1. The molecule has 0 amide bonds. The van der Waals surface area contributed by atoms with E-state index in [0.29, 0.717) is 23.1 Å². The first kappa shape index (κ1) is 15.8. The largest absolute Gasteiger partial charge is 0.462 e. The fourth-order valence-corrected chi connectivity index (χ4v) is 2.06. The summed E-state index contributed by atoms with van der Waals surface area (Å²) in [4.78, 5) is 12.0. The first-order valence-electron chi connectivity index (χ1n) is 6.81. The minimum Gasteiger partial charge on any atom is -0.462 e. The lowest BCUT2D eigenvalue weighted by Gasteiger charge is -2.15. The Bertz CT molecular complexity index is 421. The first-order valence-corrected chi connectivity index (χ1v) is 7.19. The van der Waals surface area contributed by atoms with Crippen molar-refractivity contribution in [1.82, 2.24) is 0 Å². The molecule has 1 aromatic rings. The van der Waals surface area contributed by atoms with E-state index >= 15 is 0 Å². The zero-order chi connectivity index (χ0) is 14.3. The van der Waals surface area contributed by atoms with Crippen LogP contribution in [0.1, 0.15) is 49.9 Å². The normalized spacial score (nSPS) is 12.2. The van der Waals surface area contributed by atoms with E-state index < -0.39 is 5.97 Å². The monoisotopic (exact) mass is 283 g/mol. The maximum Gasteiger partial charge on any atom is 0.340 e. The van der Waals surface area contributed by atoms with Crippen LogP contribution in [0.25, 0.3) is 0 Å². The molecule has 1 rings (SSSR count). The van der Waals surface area contributed by atoms with Crippen molar-refractivity contribution in [2.24, 2.45) is 5.92 Å². The van der Waals surface area contributed by atoms with Gasteiger partial charge in [-0.25, -0.2) is 4.79 Å². The summed E-state index contributed by atoms with van der Waals surface area (Å²) in [7, 11) is 0. The highest BCUT2D eigenvalue weighted by molar-refractivity contribution is 6.33. The molecule has 106 valence electrons. The second-order valence-electron chi connectivity index (χ2n) is 4.72. The summed E-state index contributed by atoms with van der Waals surface area (Å²) in [5, 5.41) is 0.382. The number of para-hydroxylation sites is 1. The molecule has 0 aliphatic carbocycles. The Morgan fingerprint density at radius 2 is 2.16 bits per heavy atom. The van der Waals surface area contributed by atoms with Crippen LogP contribution in [0.2, 0.25) is 5.02 Å². The van der Waals surface area contributed by atoms with E-state index in [2.05, 4.69) is 13.8 Å². The Morgan fingerprint density at radius 1 is 1.42 bits per heavy atom. The predicted octanol–water partition coefficient (Wildman–Crippen LogP) is 4.30. The van der Waals surface area contributed by atoms with Gasteiger partial charge in [0.1, 0.15) is 0 Å². The Kier molecular flexibility index (Phi) is 6.71. The van der Waals surface area contributed by atoms with E-state index in [1.165, 1.54) is 0 Å². The Morgan fingerprint density at radius 3 is 2.79 bits per heavy atom. The average Bonchev–Trinajstić information content (AvgIpc) is 2.42. The van der Waals surface area contributed by atoms with Crippen LogP contribution in [0.5, 0.6) is 0 Å². The molecule has 0 aliphatic heterocycles. The van der Waals surface area contributed by atoms with Gasteiger partial charge in [-0.3, -0.25) is 0 Å². The van der Waals surface area contributed by atoms with Crippen molar-refractivity contribution >= 4 is 23.3 Å². The topological polar surface area (TPSA) is 52.3 Å². The lowest BCUT2D eigenvalue weighted by molar-refractivity contribution is 0.0429. The molecule has 1 atom stereocenters. The lowest BCUT2D eigenvalue weighted by atomic mass is 10.0. The molecule has 1 aromatic carbocycles. The van der Waals surface area contributed by atoms with Gasteiger partial charge in [0.25, 0.3) is 0 Å². The quantitative estimate of drug-likeness (QED) is 0.600. The van der Waals surface area contributed by atoms with E-state index in [9.17, 15) is 4.79 Å². The van der Waals surface area contributed by atoms with Crippen LogP contribution in [-0.2, 0) is 4.74 Å². The van der Waals surface area contributed by atoms with E-state index in [1.54, 1.807) is 18.2 Å². The molecule has 0 bridgehead atoms. The molecule has 0 aromatic heterocycles. The third kappa shape index (κ3) is 4.75. The van der Waals surface area contributed by atoms with Crippen LogP contribution in [-0.4, -0.2) is 12.6 Å². The van der Waals surface area contributed by atoms with E-state index in [-0.39, 0.29) is 5.69 Å². The predicted molar refractivity (Wildman–Crippen MR) is 79.5 cm³/mol. The third-order valence-corrected chi connectivity index (χ3v) is 3.60. The Hall–Kier alpha value is -1.22. The van der Waals surface area contributed by atoms with Gasteiger partial charge in [-0.15, -0.1) is 0 Å². The third-order valence-electron chi connectivity index (χ3n) is 3.27. The van der Waals surface area contributed by atoms with Crippen molar-refractivity contribution < 1.29 is 9.53 Å². The van der Waals surface area contributed by atoms with Crippen molar-refractivity contribution in [3.05, 3.63) is 28.8 Å². The molecule has 0 heterocycles. The molecule has 0 fully saturated rings. The molecule has 2 N–H and O–H groups in total. The number of carbonyl (C=O) groups is 1. The molecule has 0 radical (unpaired) electrons. The van der Waals surface area contributed by atoms with E-state index in [0.717, 1.165) is 25.7 Å². The smallest absolute Gasteiger partial charge is 0.340 e. The van der Waals surface area contributed by atoms with Gasteiger partial charge >= 0.3 is 5.97 Å². The van der Waals surface area contributed by atoms with Gasteiger partial charge in [0, 0.05) is 0 Å². The summed E-state index contributed by atoms with van der Waals surface area (Å²) >= 11 is 5.88. The van der Waals surface area contributed by atoms with Gasteiger partial charge in [-0.2, -0.15) is 0 Å². The molecule has 4 heteroatoms. The summed E-state index contributed by atoms with van der Waals surface area (Å²) in [6, 6.07) is 4.99. The van der Waals surface area contributed by atoms with Crippen molar-refractivity contribution in [3.63, 3.8) is 0 Å². The standard InChI is InChI=1S/C15H22ClNO2/c1-3-5-7-11(4-2)10-19-15(18)12-8-6-9-13(16)14(12)17/h6,8-9,11H,3-5,7,10,17H2,1-2H3. The minimum absolute atomic E-state index is 0.288. The Balaban J connectivity index is 2.57. The van der Waals surface area contributed by atoms with Gasteiger partial charge in [0.2, 0.25) is 0 Å². The van der Waals surface area contributed by atoms with Crippen LogP contribution in [0.15, 0.2) is 18.2 Å². The molecule has 0 saturated carbocycles. The van der Waals surface area contributed by atoms with Crippen molar-refractivity contribution in [3.8, 4) is 0 Å². The van der Waals surface area contributed by atoms with Crippen LogP contribution >= 0.6 is 11.6 Å². The molecule has 0 aliphatic rings. The first-order chi connectivity index (χ1) is 9.10. The molecule has 0 spiro atoms. The number of esters is 1. The zero-order valence-electron chi connectivity index (χ0n) is 11.6. The number of hydrogen-bond donors (Lipinski definition) is 1. The van der Waals surface area contributed by atoms with Crippen molar-refractivity contribution in [2.75, 3.05) is 12.3 Å². The average molecular weight is 284 g/mol. The van der Waals surface area contributed by atoms with Crippen LogP contribution in [0.4, 0.5) is 5.69 Å². The number of benzene rings is 1. The highest BCUT2D eigenvalue weighted by Crippen LogP contribution is 2.23. The van der Waals surface area contributed by atoms with Gasteiger partial charge in [0.15, 0.2) is 0 Å². The highest BCUT2D eigenvalue weighted by atomic mass is 35.5. The molecular weight excluding hydrogens is 262 g/mol.